The third kappa shape index (κ3) is 4.37. The number of aryl methyl sites for hydroxylation is 1. The van der Waals surface area contributed by atoms with Crippen molar-refractivity contribution in [1.82, 2.24) is 9.88 Å². The molecule has 3 rings (SSSR count). The number of likely N-dealkylation sites (tertiary alicyclic amines) is 1. The fourth-order valence-corrected chi connectivity index (χ4v) is 3.46. The maximum absolute atomic E-state index is 12.6. The van der Waals surface area contributed by atoms with Crippen molar-refractivity contribution in [3.63, 3.8) is 0 Å². The normalized spacial score (nSPS) is 16.7. The molecule has 2 aromatic rings. The van der Waals surface area contributed by atoms with Crippen LogP contribution in [0.4, 0.5) is 11.5 Å². The Balaban J connectivity index is 1.53. The molecule has 1 unspecified atom stereocenters. The summed E-state index contributed by atoms with van der Waals surface area (Å²) in [5, 5.41) is 13.9. The Labute approximate surface area is 159 Å². The van der Waals surface area contributed by atoms with Crippen LogP contribution in [0.5, 0.6) is 0 Å². The van der Waals surface area contributed by atoms with E-state index >= 15 is 0 Å². The molecule has 1 aromatic heterocycles. The first-order valence-corrected chi connectivity index (χ1v) is 9.23. The molecule has 0 aliphatic carbocycles. The van der Waals surface area contributed by atoms with Crippen molar-refractivity contribution < 1.29 is 9.72 Å². The van der Waals surface area contributed by atoms with Gasteiger partial charge in [-0.15, -0.1) is 0 Å². The highest BCUT2D eigenvalue weighted by Crippen LogP contribution is 2.26. The number of carbonyl (C=O) groups excluding carboxylic acids is 1. The van der Waals surface area contributed by atoms with E-state index in [1.807, 2.05) is 23.1 Å². The number of amides is 1. The summed E-state index contributed by atoms with van der Waals surface area (Å²) in [5.74, 6) is 0.491. The molecule has 1 fully saturated rings. The van der Waals surface area contributed by atoms with Gasteiger partial charge in [0, 0.05) is 19.2 Å². The molecule has 7 nitrogen and oxygen atoms in total. The number of halogens is 1. The SMILES string of the molecule is O=C1C(Nc2ncc([N+](=O)[O-])cc2Br)CCN1CCCc1ccccc1. The van der Waals surface area contributed by atoms with Crippen LogP contribution in [0.3, 0.4) is 0 Å². The van der Waals surface area contributed by atoms with Crippen LogP contribution in [-0.4, -0.2) is 39.8 Å². The minimum atomic E-state index is -0.503. The van der Waals surface area contributed by atoms with Crippen LogP contribution in [-0.2, 0) is 11.2 Å². The van der Waals surface area contributed by atoms with Gasteiger partial charge >= 0.3 is 0 Å². The number of benzene rings is 1. The van der Waals surface area contributed by atoms with Crippen molar-refractivity contribution in [3.05, 3.63) is 62.7 Å². The third-order valence-corrected chi connectivity index (χ3v) is 4.99. The second kappa shape index (κ2) is 8.27. The average molecular weight is 419 g/mol. The minimum absolute atomic E-state index is 0.0464. The quantitative estimate of drug-likeness (QED) is 0.549. The zero-order chi connectivity index (χ0) is 18.5. The Hall–Kier alpha value is -2.48. The van der Waals surface area contributed by atoms with E-state index in [0.717, 1.165) is 19.4 Å². The van der Waals surface area contributed by atoms with E-state index in [2.05, 4.69) is 38.4 Å². The first kappa shape index (κ1) is 18.3. The van der Waals surface area contributed by atoms with Crippen molar-refractivity contribution in [2.24, 2.45) is 0 Å². The molecule has 1 saturated heterocycles. The highest BCUT2D eigenvalue weighted by Gasteiger charge is 2.31. The minimum Gasteiger partial charge on any atom is -0.357 e. The smallest absolute Gasteiger partial charge is 0.288 e. The van der Waals surface area contributed by atoms with E-state index in [9.17, 15) is 14.9 Å². The van der Waals surface area contributed by atoms with Crippen molar-refractivity contribution in [1.29, 1.82) is 0 Å². The van der Waals surface area contributed by atoms with E-state index in [1.54, 1.807) is 0 Å². The second-order valence-electron chi connectivity index (χ2n) is 6.18. The summed E-state index contributed by atoms with van der Waals surface area (Å²) in [4.78, 5) is 28.7. The lowest BCUT2D eigenvalue weighted by Crippen LogP contribution is -2.34. The highest BCUT2D eigenvalue weighted by molar-refractivity contribution is 9.10. The molecular weight excluding hydrogens is 400 g/mol. The summed E-state index contributed by atoms with van der Waals surface area (Å²) in [5.41, 5.74) is 1.18. The molecule has 0 bridgehead atoms. The predicted molar refractivity (Wildman–Crippen MR) is 102 cm³/mol. The number of nitro groups is 1. The molecule has 1 atom stereocenters. The van der Waals surface area contributed by atoms with E-state index in [1.165, 1.54) is 17.8 Å². The maximum atomic E-state index is 12.6. The number of pyridine rings is 1. The van der Waals surface area contributed by atoms with Gasteiger partial charge in [-0.2, -0.15) is 0 Å². The van der Waals surface area contributed by atoms with Crippen LogP contribution in [0.15, 0.2) is 47.1 Å². The van der Waals surface area contributed by atoms with E-state index < -0.39 is 4.92 Å². The fraction of sp³-hybridized carbons (Fsp3) is 0.333. The number of anilines is 1. The average Bonchev–Trinajstić information content (AvgIpc) is 2.97. The van der Waals surface area contributed by atoms with E-state index in [4.69, 9.17) is 0 Å². The molecule has 0 saturated carbocycles. The van der Waals surface area contributed by atoms with Crippen molar-refractivity contribution in [3.8, 4) is 0 Å². The van der Waals surface area contributed by atoms with Crippen molar-refractivity contribution in [2.75, 3.05) is 18.4 Å². The first-order chi connectivity index (χ1) is 12.5. The molecule has 2 heterocycles. The van der Waals surface area contributed by atoms with Crippen LogP contribution in [0.2, 0.25) is 0 Å². The van der Waals surface area contributed by atoms with Crippen molar-refractivity contribution in [2.45, 2.75) is 25.3 Å². The second-order valence-corrected chi connectivity index (χ2v) is 7.04. The number of nitrogens with one attached hydrogen (secondary N) is 1. The topological polar surface area (TPSA) is 88.4 Å². The maximum Gasteiger partial charge on any atom is 0.288 e. The van der Waals surface area contributed by atoms with Gasteiger partial charge in [0.2, 0.25) is 5.91 Å². The van der Waals surface area contributed by atoms with Crippen LogP contribution in [0.25, 0.3) is 0 Å². The summed E-state index contributed by atoms with van der Waals surface area (Å²) < 4.78 is 0.474. The zero-order valence-corrected chi connectivity index (χ0v) is 15.7. The highest BCUT2D eigenvalue weighted by atomic mass is 79.9. The third-order valence-electron chi connectivity index (χ3n) is 4.38. The van der Waals surface area contributed by atoms with E-state index in [0.29, 0.717) is 23.3 Å². The Morgan fingerprint density at radius 1 is 1.35 bits per heavy atom. The van der Waals surface area contributed by atoms with Gasteiger partial charge in [0.25, 0.3) is 5.69 Å². The Kier molecular flexibility index (Phi) is 5.82. The number of carbonyl (C=O) groups is 1. The van der Waals surface area contributed by atoms with Gasteiger partial charge < -0.3 is 10.2 Å². The number of aromatic nitrogens is 1. The number of hydrogen-bond acceptors (Lipinski definition) is 5. The molecule has 8 heteroatoms. The molecule has 0 radical (unpaired) electrons. The number of hydrogen-bond donors (Lipinski definition) is 1. The summed E-state index contributed by atoms with van der Waals surface area (Å²) in [6, 6.07) is 11.2. The number of nitrogens with zero attached hydrogens (tertiary/aromatic N) is 3. The van der Waals surface area contributed by atoms with Gasteiger partial charge in [0.15, 0.2) is 0 Å². The number of rotatable bonds is 7. The molecule has 1 amide bonds. The molecule has 26 heavy (non-hydrogen) atoms. The molecule has 1 N–H and O–H groups in total. The summed E-state index contributed by atoms with van der Waals surface area (Å²) >= 11 is 3.27. The standard InChI is InChI=1S/C18H19BrN4O3/c19-15-11-14(23(25)26)12-20-17(15)21-16-8-10-22(18(16)24)9-4-7-13-5-2-1-3-6-13/h1-3,5-6,11-12,16H,4,7-10H2,(H,20,21). The molecule has 1 aliphatic rings. The van der Waals surface area contributed by atoms with Crippen LogP contribution >= 0.6 is 15.9 Å². The predicted octanol–water partition coefficient (Wildman–Crippen LogP) is 3.40. The van der Waals surface area contributed by atoms with Gasteiger partial charge in [-0.25, -0.2) is 4.98 Å². The van der Waals surface area contributed by atoms with E-state index in [-0.39, 0.29) is 17.6 Å². The first-order valence-electron chi connectivity index (χ1n) is 8.44. The molecular formula is C18H19BrN4O3. The Morgan fingerprint density at radius 3 is 2.81 bits per heavy atom. The van der Waals surface area contributed by atoms with Gasteiger partial charge in [-0.1, -0.05) is 30.3 Å². The van der Waals surface area contributed by atoms with Crippen LogP contribution < -0.4 is 5.32 Å². The largest absolute Gasteiger partial charge is 0.357 e. The Morgan fingerprint density at radius 2 is 2.12 bits per heavy atom. The summed E-state index contributed by atoms with van der Waals surface area (Å²) in [6.45, 7) is 1.43. The monoisotopic (exact) mass is 418 g/mol. The van der Waals surface area contributed by atoms with Gasteiger partial charge in [-0.3, -0.25) is 14.9 Å². The molecule has 0 spiro atoms. The van der Waals surface area contributed by atoms with Crippen molar-refractivity contribution >= 4 is 33.3 Å². The molecule has 136 valence electrons. The molecule has 1 aromatic carbocycles. The lowest BCUT2D eigenvalue weighted by atomic mass is 10.1. The van der Waals surface area contributed by atoms with Gasteiger partial charge in [-0.05, 0) is 40.8 Å². The molecule has 1 aliphatic heterocycles. The fourth-order valence-electron chi connectivity index (χ4n) is 3.01. The lowest BCUT2D eigenvalue weighted by molar-refractivity contribution is -0.385. The lowest BCUT2D eigenvalue weighted by Gasteiger charge is -2.17. The summed E-state index contributed by atoms with van der Waals surface area (Å²) in [7, 11) is 0. The zero-order valence-electron chi connectivity index (χ0n) is 14.1. The van der Waals surface area contributed by atoms with Crippen LogP contribution in [0.1, 0.15) is 18.4 Å². The summed E-state index contributed by atoms with van der Waals surface area (Å²) in [6.07, 6.45) is 3.74. The van der Waals surface area contributed by atoms with Gasteiger partial charge in [0.1, 0.15) is 18.1 Å². The van der Waals surface area contributed by atoms with Gasteiger partial charge in [0.05, 0.1) is 9.40 Å². The Bertz CT molecular complexity index is 800. The van der Waals surface area contributed by atoms with Crippen LogP contribution in [0, 0.1) is 10.1 Å².